The number of hydrogen-bond acceptors (Lipinski definition) is 3. The second-order valence-electron chi connectivity index (χ2n) is 9.60. The van der Waals surface area contributed by atoms with E-state index in [0.717, 1.165) is 37.9 Å². The fourth-order valence-electron chi connectivity index (χ4n) is 4.50. The van der Waals surface area contributed by atoms with Crippen molar-refractivity contribution in [2.24, 2.45) is 0 Å². The third kappa shape index (κ3) is 4.31. The molecule has 3 rings (SSSR count). The number of unbranched alkanes of at least 4 members (excludes halogenated alkanes) is 2. The molecule has 0 radical (unpaired) electrons. The van der Waals surface area contributed by atoms with Crippen molar-refractivity contribution in [3.8, 4) is 0 Å². The smallest absolute Gasteiger partial charge is 0.292 e. The van der Waals surface area contributed by atoms with Gasteiger partial charge in [0.25, 0.3) is 5.69 Å². The molecule has 2 aromatic rings. The van der Waals surface area contributed by atoms with Crippen molar-refractivity contribution < 1.29 is 4.92 Å². The van der Waals surface area contributed by atoms with Gasteiger partial charge in [-0.25, -0.2) is 0 Å². The van der Waals surface area contributed by atoms with Gasteiger partial charge >= 0.3 is 0 Å². The van der Waals surface area contributed by atoms with Gasteiger partial charge in [-0.1, -0.05) is 65.7 Å². The molecule has 29 heavy (non-hydrogen) atoms. The maximum absolute atomic E-state index is 11.7. The molecule has 0 fully saturated rings. The lowest BCUT2D eigenvalue weighted by molar-refractivity contribution is -0.384. The first-order chi connectivity index (χ1) is 13.7. The molecule has 0 bridgehead atoms. The monoisotopic (exact) mass is 394 g/mol. The molecule has 4 nitrogen and oxygen atoms in total. The number of anilines is 2. The Morgan fingerprint density at radius 1 is 0.966 bits per heavy atom. The summed E-state index contributed by atoms with van der Waals surface area (Å²) >= 11 is 0. The van der Waals surface area contributed by atoms with Crippen LogP contribution < -0.4 is 4.90 Å². The van der Waals surface area contributed by atoms with Crippen molar-refractivity contribution in [1.82, 2.24) is 0 Å². The van der Waals surface area contributed by atoms with Gasteiger partial charge in [-0.2, -0.15) is 0 Å². The maximum atomic E-state index is 11.7. The van der Waals surface area contributed by atoms with Crippen molar-refractivity contribution >= 4 is 17.1 Å². The first kappa shape index (κ1) is 21.4. The molecule has 0 atom stereocenters. The second kappa shape index (κ2) is 8.17. The molecule has 0 saturated carbocycles. The number of fused-ring (bicyclic) bond motifs is 1. The van der Waals surface area contributed by atoms with Crippen molar-refractivity contribution in [1.29, 1.82) is 0 Å². The van der Waals surface area contributed by atoms with E-state index < -0.39 is 0 Å². The molecule has 4 heteroatoms. The van der Waals surface area contributed by atoms with Gasteiger partial charge in [-0.15, -0.1) is 0 Å². The quantitative estimate of drug-likeness (QED) is 0.282. The molecule has 0 spiro atoms. The Bertz CT molecular complexity index is 886. The Morgan fingerprint density at radius 2 is 1.62 bits per heavy atom. The SMILES string of the molecule is CCCCCN(c1ccc2c(c1)C(C)(C)CCC2(C)C)c1ccccc1[N+](=O)[O-]. The first-order valence-corrected chi connectivity index (χ1v) is 10.8. The highest BCUT2D eigenvalue weighted by molar-refractivity contribution is 5.73. The fourth-order valence-corrected chi connectivity index (χ4v) is 4.50. The van der Waals surface area contributed by atoms with Crippen LogP contribution in [-0.4, -0.2) is 11.5 Å². The van der Waals surface area contributed by atoms with Crippen molar-refractivity contribution in [2.75, 3.05) is 11.4 Å². The van der Waals surface area contributed by atoms with Crippen LogP contribution in [0.2, 0.25) is 0 Å². The van der Waals surface area contributed by atoms with Crippen LogP contribution in [0.15, 0.2) is 42.5 Å². The van der Waals surface area contributed by atoms with Gasteiger partial charge in [0.1, 0.15) is 5.69 Å². The molecule has 0 aromatic heterocycles. The predicted molar refractivity (Wildman–Crippen MR) is 121 cm³/mol. The standard InChI is InChI=1S/C25H34N2O2/c1-6-7-10-17-26(22-11-8-9-12-23(22)27(28)29)19-13-14-20-21(18-19)25(4,5)16-15-24(20,2)3/h8-9,11-14,18H,6-7,10,15-17H2,1-5H3. The summed E-state index contributed by atoms with van der Waals surface area (Å²) in [5.74, 6) is 0. The largest absolute Gasteiger partial charge is 0.336 e. The third-order valence-corrected chi connectivity index (χ3v) is 6.50. The summed E-state index contributed by atoms with van der Waals surface area (Å²) < 4.78 is 0. The Labute approximate surface area is 175 Å². The highest BCUT2D eigenvalue weighted by Crippen LogP contribution is 2.47. The lowest BCUT2D eigenvalue weighted by Gasteiger charge is -2.42. The van der Waals surface area contributed by atoms with Crippen LogP contribution in [-0.2, 0) is 10.8 Å². The van der Waals surface area contributed by atoms with Gasteiger partial charge < -0.3 is 4.90 Å². The molecular formula is C25H34N2O2. The van der Waals surface area contributed by atoms with Gasteiger partial charge in [-0.3, -0.25) is 10.1 Å². The number of nitro benzene ring substituents is 1. The molecule has 0 aliphatic heterocycles. The molecule has 0 N–H and O–H groups in total. The first-order valence-electron chi connectivity index (χ1n) is 10.8. The summed E-state index contributed by atoms with van der Waals surface area (Å²) in [5, 5.41) is 11.7. The topological polar surface area (TPSA) is 46.4 Å². The van der Waals surface area contributed by atoms with Crippen LogP contribution in [0.5, 0.6) is 0 Å². The van der Waals surface area contributed by atoms with Crippen molar-refractivity contribution in [3.63, 3.8) is 0 Å². The van der Waals surface area contributed by atoms with E-state index in [4.69, 9.17) is 0 Å². The van der Waals surface area contributed by atoms with Gasteiger partial charge in [0.2, 0.25) is 0 Å². The number of benzene rings is 2. The number of hydrogen-bond donors (Lipinski definition) is 0. The lowest BCUT2D eigenvalue weighted by atomic mass is 9.63. The number of rotatable bonds is 7. The van der Waals surface area contributed by atoms with Gasteiger partial charge in [0, 0.05) is 18.3 Å². The highest BCUT2D eigenvalue weighted by Gasteiger charge is 2.37. The average molecular weight is 395 g/mol. The molecule has 2 aromatic carbocycles. The zero-order chi connectivity index (χ0) is 21.2. The number of nitro groups is 1. The Hall–Kier alpha value is -2.36. The number of para-hydroxylation sites is 2. The summed E-state index contributed by atoms with van der Waals surface area (Å²) in [6.45, 7) is 12.2. The minimum Gasteiger partial charge on any atom is -0.336 e. The maximum Gasteiger partial charge on any atom is 0.292 e. The summed E-state index contributed by atoms with van der Waals surface area (Å²) in [4.78, 5) is 13.6. The Kier molecular flexibility index (Phi) is 6.02. The number of nitrogens with zero attached hydrogens (tertiary/aromatic N) is 2. The van der Waals surface area contributed by atoms with Crippen molar-refractivity contribution in [2.45, 2.75) is 77.6 Å². The molecule has 1 aliphatic rings. The van der Waals surface area contributed by atoms with Crippen LogP contribution in [0.3, 0.4) is 0 Å². The lowest BCUT2D eigenvalue weighted by Crippen LogP contribution is -2.34. The van der Waals surface area contributed by atoms with Crippen LogP contribution in [0.1, 0.15) is 77.8 Å². The van der Waals surface area contributed by atoms with Crippen LogP contribution in [0, 0.1) is 10.1 Å². The zero-order valence-corrected chi connectivity index (χ0v) is 18.5. The molecule has 0 amide bonds. The summed E-state index contributed by atoms with van der Waals surface area (Å²) in [6, 6.07) is 13.8. The second-order valence-corrected chi connectivity index (χ2v) is 9.60. The fraction of sp³-hybridized carbons (Fsp3) is 0.520. The van der Waals surface area contributed by atoms with E-state index in [0.29, 0.717) is 5.69 Å². The predicted octanol–water partition coefficient (Wildman–Crippen LogP) is 7.27. The van der Waals surface area contributed by atoms with E-state index in [1.54, 1.807) is 12.1 Å². The van der Waals surface area contributed by atoms with E-state index in [-0.39, 0.29) is 21.4 Å². The molecular weight excluding hydrogens is 360 g/mol. The minimum absolute atomic E-state index is 0.110. The van der Waals surface area contributed by atoms with E-state index in [2.05, 4.69) is 57.7 Å². The van der Waals surface area contributed by atoms with E-state index in [9.17, 15) is 10.1 Å². The summed E-state index contributed by atoms with van der Waals surface area (Å²) in [6.07, 6.45) is 5.57. The van der Waals surface area contributed by atoms with E-state index in [1.807, 2.05) is 12.1 Å². The summed E-state index contributed by atoms with van der Waals surface area (Å²) in [5.41, 5.74) is 4.97. The van der Waals surface area contributed by atoms with Crippen LogP contribution in [0.25, 0.3) is 0 Å². The Balaban J connectivity index is 2.11. The van der Waals surface area contributed by atoms with Gasteiger partial charge in [-0.05, 0) is 59.4 Å². The normalized spacial score (nSPS) is 16.9. The van der Waals surface area contributed by atoms with Gasteiger partial charge in [0.15, 0.2) is 0 Å². The summed E-state index contributed by atoms with van der Waals surface area (Å²) in [7, 11) is 0. The molecule has 0 saturated heterocycles. The molecule has 1 aliphatic carbocycles. The molecule has 0 unspecified atom stereocenters. The van der Waals surface area contributed by atoms with Gasteiger partial charge in [0.05, 0.1) is 4.92 Å². The molecule has 0 heterocycles. The highest BCUT2D eigenvalue weighted by atomic mass is 16.6. The Morgan fingerprint density at radius 3 is 2.28 bits per heavy atom. The van der Waals surface area contributed by atoms with Crippen LogP contribution >= 0.6 is 0 Å². The minimum atomic E-state index is -0.270. The van der Waals surface area contributed by atoms with Crippen molar-refractivity contribution in [3.05, 3.63) is 63.7 Å². The zero-order valence-electron chi connectivity index (χ0n) is 18.5. The van der Waals surface area contributed by atoms with E-state index >= 15 is 0 Å². The molecule has 156 valence electrons. The van der Waals surface area contributed by atoms with Crippen LogP contribution in [0.4, 0.5) is 17.1 Å². The van der Waals surface area contributed by atoms with E-state index in [1.165, 1.54) is 17.5 Å². The third-order valence-electron chi connectivity index (χ3n) is 6.50. The average Bonchev–Trinajstić information content (AvgIpc) is 2.69.